The minimum Gasteiger partial charge on any atom is -0.389 e. The van der Waals surface area contributed by atoms with Crippen LogP contribution in [0.5, 0.6) is 0 Å². The number of nitrogens with zero attached hydrogens (tertiary/aromatic N) is 2. The number of primary amides is 1. The Balaban J connectivity index is 2.74. The number of aliphatic hydroxyl groups is 1. The molecule has 0 aliphatic rings. The lowest BCUT2D eigenvalue weighted by molar-refractivity contribution is 0.0690. The largest absolute Gasteiger partial charge is 0.389 e. The molecule has 0 radical (unpaired) electrons. The average Bonchev–Trinajstić information content (AvgIpc) is 2.61. The van der Waals surface area contributed by atoms with Crippen molar-refractivity contribution in [1.29, 1.82) is 0 Å². The van der Waals surface area contributed by atoms with Gasteiger partial charge in [0.25, 0.3) is 5.91 Å². The molecule has 2 amide bonds. The van der Waals surface area contributed by atoms with Crippen molar-refractivity contribution in [3.05, 3.63) is 18.0 Å². The van der Waals surface area contributed by atoms with E-state index in [0.29, 0.717) is 0 Å². The number of nitrogens with one attached hydrogen (secondary N) is 1. The number of hydrogen-bond acceptors (Lipinski definition) is 4. The van der Waals surface area contributed by atoms with Crippen LogP contribution in [0.3, 0.4) is 0 Å². The van der Waals surface area contributed by atoms with E-state index in [1.54, 1.807) is 13.8 Å². The number of amides is 2. The molecule has 0 atom stereocenters. The van der Waals surface area contributed by atoms with Gasteiger partial charge < -0.3 is 16.2 Å². The number of hydrogen-bond donors (Lipinski definition) is 3. The smallest absolute Gasteiger partial charge is 0.340 e. The summed E-state index contributed by atoms with van der Waals surface area (Å²) in [5.74, 6) is -0.515. The van der Waals surface area contributed by atoms with Gasteiger partial charge in [0.2, 0.25) is 0 Å². The van der Waals surface area contributed by atoms with E-state index in [1.165, 1.54) is 12.3 Å². The molecule has 0 bridgehead atoms. The molecule has 1 aromatic rings. The molecule has 1 rings (SSSR count). The standard InChI is InChI=1S/C9H14N4O3/c1-9(2,16)5-11-7(14)6-3-4-12-13(6)8(10)15/h3-4,16H,5H2,1-2H3,(H2,10,15)(H,11,14). The molecule has 0 aliphatic heterocycles. The Labute approximate surface area is 92.2 Å². The van der Waals surface area contributed by atoms with E-state index in [9.17, 15) is 14.7 Å². The number of carbonyl (C=O) groups is 2. The fourth-order valence-electron chi connectivity index (χ4n) is 1.04. The summed E-state index contributed by atoms with van der Waals surface area (Å²) in [6.07, 6.45) is 1.30. The van der Waals surface area contributed by atoms with E-state index in [0.717, 1.165) is 4.68 Å². The minimum atomic E-state index is -1.02. The Bertz CT molecular complexity index is 405. The zero-order valence-corrected chi connectivity index (χ0v) is 9.10. The summed E-state index contributed by atoms with van der Waals surface area (Å²) in [6.45, 7) is 3.17. The molecule has 7 nitrogen and oxygen atoms in total. The lowest BCUT2D eigenvalue weighted by atomic mass is 10.1. The topological polar surface area (TPSA) is 110 Å². The first-order valence-electron chi connectivity index (χ1n) is 4.66. The number of nitrogens with two attached hydrogens (primary N) is 1. The van der Waals surface area contributed by atoms with Gasteiger partial charge in [0.1, 0.15) is 5.69 Å². The number of aromatic nitrogens is 2. The van der Waals surface area contributed by atoms with Crippen molar-refractivity contribution < 1.29 is 14.7 Å². The highest BCUT2D eigenvalue weighted by atomic mass is 16.3. The molecule has 4 N–H and O–H groups in total. The molecule has 0 aliphatic carbocycles. The first-order valence-corrected chi connectivity index (χ1v) is 4.66. The summed E-state index contributed by atoms with van der Waals surface area (Å²) in [5, 5.41) is 15.5. The Hall–Kier alpha value is -1.89. The van der Waals surface area contributed by atoms with Gasteiger partial charge in [-0.05, 0) is 19.9 Å². The molecular formula is C9H14N4O3. The van der Waals surface area contributed by atoms with Gasteiger partial charge in [0, 0.05) is 6.54 Å². The maximum Gasteiger partial charge on any atom is 0.340 e. The molecule has 1 aromatic heterocycles. The fraction of sp³-hybridized carbons (Fsp3) is 0.444. The molecule has 0 saturated heterocycles. The van der Waals surface area contributed by atoms with Gasteiger partial charge >= 0.3 is 6.03 Å². The van der Waals surface area contributed by atoms with Gasteiger partial charge in [-0.3, -0.25) is 4.79 Å². The molecule has 7 heteroatoms. The van der Waals surface area contributed by atoms with Crippen LogP contribution in [0.4, 0.5) is 4.79 Å². The highest BCUT2D eigenvalue weighted by Crippen LogP contribution is 2.01. The predicted molar refractivity (Wildman–Crippen MR) is 55.8 cm³/mol. The van der Waals surface area contributed by atoms with Crippen LogP contribution >= 0.6 is 0 Å². The Morgan fingerprint density at radius 3 is 2.75 bits per heavy atom. The molecule has 1 heterocycles. The lowest BCUT2D eigenvalue weighted by Crippen LogP contribution is -2.39. The van der Waals surface area contributed by atoms with E-state index >= 15 is 0 Å². The summed E-state index contributed by atoms with van der Waals surface area (Å²) in [4.78, 5) is 22.5. The highest BCUT2D eigenvalue weighted by Gasteiger charge is 2.18. The Morgan fingerprint density at radius 2 is 2.25 bits per heavy atom. The average molecular weight is 226 g/mol. The van der Waals surface area contributed by atoms with Crippen LogP contribution in [0, 0.1) is 0 Å². The summed E-state index contributed by atoms with van der Waals surface area (Å²) < 4.78 is 0.791. The zero-order chi connectivity index (χ0) is 12.3. The first kappa shape index (κ1) is 12.2. The quantitative estimate of drug-likeness (QED) is 0.633. The van der Waals surface area contributed by atoms with Crippen LogP contribution in [0.15, 0.2) is 12.3 Å². The molecule has 16 heavy (non-hydrogen) atoms. The summed E-state index contributed by atoms with van der Waals surface area (Å²) in [7, 11) is 0. The molecule has 0 unspecified atom stereocenters. The summed E-state index contributed by atoms with van der Waals surface area (Å²) >= 11 is 0. The van der Waals surface area contributed by atoms with Crippen LogP contribution < -0.4 is 11.1 Å². The number of carbonyl (C=O) groups excluding carboxylic acids is 2. The molecular weight excluding hydrogens is 212 g/mol. The van der Waals surface area contributed by atoms with Gasteiger partial charge in [0.05, 0.1) is 11.8 Å². The Morgan fingerprint density at radius 1 is 1.62 bits per heavy atom. The van der Waals surface area contributed by atoms with E-state index < -0.39 is 17.5 Å². The number of rotatable bonds is 3. The molecule has 0 spiro atoms. The monoisotopic (exact) mass is 226 g/mol. The van der Waals surface area contributed by atoms with E-state index in [2.05, 4.69) is 10.4 Å². The highest BCUT2D eigenvalue weighted by molar-refractivity contribution is 5.95. The van der Waals surface area contributed by atoms with Crippen molar-refractivity contribution >= 4 is 11.9 Å². The minimum absolute atomic E-state index is 0.0387. The molecule has 0 fully saturated rings. The van der Waals surface area contributed by atoms with Crippen molar-refractivity contribution in [2.24, 2.45) is 5.73 Å². The third-order valence-electron chi connectivity index (χ3n) is 1.77. The molecule has 0 saturated carbocycles. The molecule has 88 valence electrons. The van der Waals surface area contributed by atoms with Gasteiger partial charge in [0.15, 0.2) is 0 Å². The van der Waals surface area contributed by atoms with Crippen molar-refractivity contribution in [3.63, 3.8) is 0 Å². The fourth-order valence-corrected chi connectivity index (χ4v) is 1.04. The lowest BCUT2D eigenvalue weighted by Gasteiger charge is -2.17. The van der Waals surface area contributed by atoms with Crippen molar-refractivity contribution in [2.45, 2.75) is 19.4 Å². The van der Waals surface area contributed by atoms with E-state index in [4.69, 9.17) is 5.73 Å². The summed E-state index contributed by atoms with van der Waals surface area (Å²) in [6, 6.07) is 0.531. The van der Waals surface area contributed by atoms with Crippen LogP contribution in [-0.4, -0.2) is 39.0 Å². The van der Waals surface area contributed by atoms with Gasteiger partial charge in [-0.25, -0.2) is 4.79 Å². The third kappa shape index (κ3) is 3.06. The van der Waals surface area contributed by atoms with Crippen LogP contribution in [0.2, 0.25) is 0 Å². The zero-order valence-electron chi connectivity index (χ0n) is 9.10. The second-order valence-corrected chi connectivity index (χ2v) is 3.96. The maximum absolute atomic E-state index is 11.6. The van der Waals surface area contributed by atoms with Crippen molar-refractivity contribution in [2.75, 3.05) is 6.54 Å². The second-order valence-electron chi connectivity index (χ2n) is 3.96. The maximum atomic E-state index is 11.6. The van der Waals surface area contributed by atoms with Gasteiger partial charge in [-0.1, -0.05) is 0 Å². The predicted octanol–water partition coefficient (Wildman–Crippen LogP) is -0.689. The summed E-state index contributed by atoms with van der Waals surface area (Å²) in [5.41, 5.74) is 4.03. The second kappa shape index (κ2) is 4.31. The molecule has 0 aromatic carbocycles. The van der Waals surface area contributed by atoms with Gasteiger partial charge in [-0.15, -0.1) is 0 Å². The normalized spacial score (nSPS) is 11.2. The Kier molecular flexibility index (Phi) is 3.28. The first-order chi connectivity index (χ1) is 7.31. The van der Waals surface area contributed by atoms with E-state index in [-0.39, 0.29) is 12.2 Å². The van der Waals surface area contributed by atoms with Crippen molar-refractivity contribution in [1.82, 2.24) is 15.1 Å². The third-order valence-corrected chi connectivity index (χ3v) is 1.77. The van der Waals surface area contributed by atoms with Crippen LogP contribution in [0.1, 0.15) is 24.3 Å². The van der Waals surface area contributed by atoms with Crippen LogP contribution in [0.25, 0.3) is 0 Å². The van der Waals surface area contributed by atoms with Gasteiger partial charge in [-0.2, -0.15) is 9.78 Å². The SMILES string of the molecule is CC(C)(O)CNC(=O)c1ccnn1C(N)=O. The van der Waals surface area contributed by atoms with Crippen molar-refractivity contribution in [3.8, 4) is 0 Å². The van der Waals surface area contributed by atoms with E-state index in [1.807, 2.05) is 0 Å². The van der Waals surface area contributed by atoms with Crippen LogP contribution in [-0.2, 0) is 0 Å².